The topological polar surface area (TPSA) is 110 Å². The Bertz CT molecular complexity index is 1560. The summed E-state index contributed by atoms with van der Waals surface area (Å²) in [5, 5.41) is 5.90. The molecule has 2 aliphatic heterocycles. The van der Waals surface area contributed by atoms with Gasteiger partial charge in [0.2, 0.25) is 5.91 Å². The van der Waals surface area contributed by atoms with Gasteiger partial charge < -0.3 is 19.7 Å². The monoisotopic (exact) mass is 620 g/mol. The summed E-state index contributed by atoms with van der Waals surface area (Å²) in [4.78, 5) is 42.5. The Balaban J connectivity index is 1.11. The Morgan fingerprint density at radius 1 is 1.11 bits per heavy atom. The summed E-state index contributed by atoms with van der Waals surface area (Å²) in [5.74, 6) is 0.541. The number of rotatable bonds is 8. The third-order valence-electron chi connectivity index (χ3n) is 7.08. The molecule has 3 aromatic rings. The van der Waals surface area contributed by atoms with E-state index in [0.717, 1.165) is 22.3 Å². The minimum atomic E-state index is -0.940. The van der Waals surface area contributed by atoms with Crippen molar-refractivity contribution in [2.75, 3.05) is 18.4 Å². The van der Waals surface area contributed by atoms with E-state index in [0.29, 0.717) is 35.0 Å². The van der Waals surface area contributed by atoms with E-state index in [1.54, 1.807) is 63.4 Å². The largest absolute Gasteiger partial charge is 0.488 e. The first-order valence-electron chi connectivity index (χ1n) is 14.4. The molecule has 0 radical (unpaired) electrons. The summed E-state index contributed by atoms with van der Waals surface area (Å²) in [5.41, 5.74) is 3.53. The van der Waals surface area contributed by atoms with Crippen LogP contribution in [-0.4, -0.2) is 58.8 Å². The Morgan fingerprint density at radius 3 is 2.52 bits per heavy atom. The molecular weight excluding hydrogens is 587 g/mol. The molecule has 230 valence electrons. The first-order valence-corrected chi connectivity index (χ1v) is 14.7. The lowest BCUT2D eigenvalue weighted by molar-refractivity contribution is -0.116. The standard InChI is InChI=1S/C33H34ClFN4O5/c1-33(2,3)44-32(42)38-28-14-7-20(16-36-28)17-37-29(40)6-4-5-24-15-26-25(12-13-27(34)30(26)43-24)21-8-10-22(11-9-21)31(41)39-18-23(35)19-39/h4,6-14,16,23-24H,5,15,17-19H2,1-3H3,(H,37,40)(H,36,38,42)/b6-4+. The molecule has 3 amide bonds. The second-order valence-corrected chi connectivity index (χ2v) is 12.2. The first-order chi connectivity index (χ1) is 20.9. The lowest BCUT2D eigenvalue weighted by Gasteiger charge is -2.34. The zero-order valence-electron chi connectivity index (χ0n) is 24.7. The van der Waals surface area contributed by atoms with Crippen LogP contribution in [0.3, 0.4) is 0 Å². The van der Waals surface area contributed by atoms with Crippen molar-refractivity contribution in [1.29, 1.82) is 0 Å². The number of ether oxygens (including phenoxy) is 2. The number of likely N-dealkylation sites (tertiary alicyclic amines) is 1. The molecule has 5 rings (SSSR count). The number of nitrogens with one attached hydrogen (secondary N) is 2. The van der Waals surface area contributed by atoms with Gasteiger partial charge >= 0.3 is 6.09 Å². The maximum atomic E-state index is 13.2. The number of carbonyl (C=O) groups is 3. The number of fused-ring (bicyclic) bond motifs is 1. The molecule has 1 aromatic heterocycles. The molecule has 11 heteroatoms. The van der Waals surface area contributed by atoms with Gasteiger partial charge in [0.05, 0.1) is 18.1 Å². The summed E-state index contributed by atoms with van der Waals surface area (Å²) in [6.07, 6.45) is 4.20. The fraction of sp³-hybridized carbons (Fsp3) is 0.333. The quantitative estimate of drug-likeness (QED) is 0.294. The maximum Gasteiger partial charge on any atom is 0.413 e. The predicted molar refractivity (Wildman–Crippen MR) is 166 cm³/mol. The molecule has 9 nitrogen and oxygen atoms in total. The van der Waals surface area contributed by atoms with Crippen molar-refractivity contribution >= 4 is 35.3 Å². The fourth-order valence-electron chi connectivity index (χ4n) is 4.92. The molecule has 1 saturated heterocycles. The molecular formula is C33H34ClFN4O5. The SMILES string of the molecule is CC(C)(C)OC(=O)Nc1ccc(CNC(=O)/C=C/CC2Cc3c(-c4ccc(C(=O)N5CC(F)C5)cc4)ccc(Cl)c3O2)cn1. The second kappa shape index (κ2) is 13.1. The zero-order chi connectivity index (χ0) is 31.4. The summed E-state index contributed by atoms with van der Waals surface area (Å²) in [7, 11) is 0. The van der Waals surface area contributed by atoms with Crippen LogP contribution in [0.4, 0.5) is 15.0 Å². The van der Waals surface area contributed by atoms with E-state index in [1.807, 2.05) is 18.2 Å². The average molecular weight is 621 g/mol. The number of aromatic nitrogens is 1. The third-order valence-corrected chi connectivity index (χ3v) is 7.38. The van der Waals surface area contributed by atoms with E-state index < -0.39 is 17.9 Å². The van der Waals surface area contributed by atoms with Crippen LogP contribution in [0, 0.1) is 0 Å². The molecule has 3 heterocycles. The number of anilines is 1. The number of hydrogen-bond acceptors (Lipinski definition) is 6. The van der Waals surface area contributed by atoms with Gasteiger partial charge in [-0.15, -0.1) is 0 Å². The molecule has 1 unspecified atom stereocenters. The van der Waals surface area contributed by atoms with Crippen molar-refractivity contribution in [3.8, 4) is 16.9 Å². The maximum absolute atomic E-state index is 13.2. The number of nitrogens with zero attached hydrogens (tertiary/aromatic N) is 2. The highest BCUT2D eigenvalue weighted by Gasteiger charge is 2.31. The minimum absolute atomic E-state index is 0.141. The molecule has 1 fully saturated rings. The number of hydrogen-bond donors (Lipinski definition) is 2. The van der Waals surface area contributed by atoms with Crippen molar-refractivity contribution < 1.29 is 28.2 Å². The molecule has 0 spiro atoms. The number of carbonyl (C=O) groups excluding carboxylic acids is 3. The number of amides is 3. The van der Waals surface area contributed by atoms with Crippen LogP contribution >= 0.6 is 11.6 Å². The molecule has 2 aliphatic rings. The van der Waals surface area contributed by atoms with Crippen LogP contribution in [0.25, 0.3) is 11.1 Å². The van der Waals surface area contributed by atoms with Crippen LogP contribution < -0.4 is 15.4 Å². The molecule has 0 aliphatic carbocycles. The lowest BCUT2D eigenvalue weighted by atomic mass is 9.95. The summed E-state index contributed by atoms with van der Waals surface area (Å²) in [6, 6.07) is 14.4. The van der Waals surface area contributed by atoms with E-state index in [9.17, 15) is 18.8 Å². The smallest absolute Gasteiger partial charge is 0.413 e. The Morgan fingerprint density at radius 2 is 1.86 bits per heavy atom. The molecule has 0 bridgehead atoms. The van der Waals surface area contributed by atoms with Crippen molar-refractivity contribution in [1.82, 2.24) is 15.2 Å². The van der Waals surface area contributed by atoms with Gasteiger partial charge in [-0.2, -0.15) is 0 Å². The summed E-state index contributed by atoms with van der Waals surface area (Å²) in [6.45, 7) is 5.88. The molecule has 1 atom stereocenters. The number of benzene rings is 2. The molecule has 2 aromatic carbocycles. The van der Waals surface area contributed by atoms with Gasteiger partial charge in [-0.1, -0.05) is 41.9 Å². The predicted octanol–water partition coefficient (Wildman–Crippen LogP) is 6.11. The molecule has 44 heavy (non-hydrogen) atoms. The van der Waals surface area contributed by atoms with Crippen LogP contribution in [0.2, 0.25) is 5.02 Å². The average Bonchev–Trinajstić information content (AvgIpc) is 3.39. The van der Waals surface area contributed by atoms with Gasteiger partial charge in [0.15, 0.2) is 0 Å². The Labute approximate surface area is 260 Å². The van der Waals surface area contributed by atoms with E-state index in [1.165, 1.54) is 11.0 Å². The van der Waals surface area contributed by atoms with Crippen LogP contribution in [0.1, 0.15) is 48.7 Å². The molecule has 2 N–H and O–H groups in total. The van der Waals surface area contributed by atoms with Crippen LogP contribution in [0.15, 0.2) is 66.9 Å². The highest BCUT2D eigenvalue weighted by atomic mass is 35.5. The van der Waals surface area contributed by atoms with Gasteiger partial charge in [-0.05, 0) is 67.8 Å². The number of halogens is 2. The van der Waals surface area contributed by atoms with E-state index in [4.69, 9.17) is 21.1 Å². The van der Waals surface area contributed by atoms with Crippen molar-refractivity contribution in [3.05, 3.63) is 88.6 Å². The van der Waals surface area contributed by atoms with Gasteiger partial charge in [-0.3, -0.25) is 14.9 Å². The van der Waals surface area contributed by atoms with Crippen molar-refractivity contribution in [3.63, 3.8) is 0 Å². The van der Waals surface area contributed by atoms with Crippen molar-refractivity contribution in [2.45, 2.75) is 58.0 Å². The van der Waals surface area contributed by atoms with Crippen molar-refractivity contribution in [2.24, 2.45) is 0 Å². The highest BCUT2D eigenvalue weighted by Crippen LogP contribution is 2.42. The van der Waals surface area contributed by atoms with E-state index >= 15 is 0 Å². The zero-order valence-corrected chi connectivity index (χ0v) is 25.5. The second-order valence-electron chi connectivity index (χ2n) is 11.8. The highest BCUT2D eigenvalue weighted by molar-refractivity contribution is 6.32. The number of pyridine rings is 1. The molecule has 0 saturated carbocycles. The summed E-state index contributed by atoms with van der Waals surface area (Å²) < 4.78 is 24.5. The van der Waals surface area contributed by atoms with Crippen LogP contribution in [-0.2, 0) is 22.5 Å². The first kappa shape index (κ1) is 31.0. The normalized spacial score (nSPS) is 16.2. The number of alkyl halides is 1. The Hall–Kier alpha value is -4.44. The third kappa shape index (κ3) is 7.74. The van der Waals surface area contributed by atoms with Gasteiger partial charge in [0, 0.05) is 36.7 Å². The van der Waals surface area contributed by atoms with Crippen LogP contribution in [0.5, 0.6) is 5.75 Å². The lowest BCUT2D eigenvalue weighted by Crippen LogP contribution is -2.51. The minimum Gasteiger partial charge on any atom is -0.488 e. The Kier molecular flexibility index (Phi) is 9.20. The van der Waals surface area contributed by atoms with E-state index in [-0.39, 0.29) is 37.6 Å². The van der Waals surface area contributed by atoms with E-state index in [2.05, 4.69) is 15.6 Å². The fourth-order valence-corrected chi connectivity index (χ4v) is 5.14. The van der Waals surface area contributed by atoms with Gasteiger partial charge in [0.1, 0.15) is 29.4 Å². The van der Waals surface area contributed by atoms with Gasteiger partial charge in [0.25, 0.3) is 5.91 Å². The van der Waals surface area contributed by atoms with Gasteiger partial charge in [-0.25, -0.2) is 14.2 Å². The summed E-state index contributed by atoms with van der Waals surface area (Å²) >= 11 is 6.45.